The number of hydrogen-bond acceptors (Lipinski definition) is 3. The molecule has 1 aromatic rings. The van der Waals surface area contributed by atoms with Crippen molar-refractivity contribution in [2.45, 2.75) is 39.7 Å². The second-order valence-corrected chi connectivity index (χ2v) is 6.22. The molecule has 1 saturated heterocycles. The van der Waals surface area contributed by atoms with E-state index in [-0.39, 0.29) is 0 Å². The first-order valence-corrected chi connectivity index (χ1v) is 7.65. The molecule has 1 aliphatic rings. The number of benzene rings is 1. The Hall–Kier alpha value is -1.06. The molecule has 1 heterocycles. The van der Waals surface area contributed by atoms with Crippen LogP contribution in [0.1, 0.15) is 30.9 Å². The minimum Gasteiger partial charge on any atom is -0.491 e. The topological polar surface area (TPSA) is 32.7 Å². The van der Waals surface area contributed by atoms with Gasteiger partial charge in [0.05, 0.1) is 0 Å². The van der Waals surface area contributed by atoms with E-state index in [0.717, 1.165) is 36.9 Å². The second-order valence-electron chi connectivity index (χ2n) is 6.22. The van der Waals surface area contributed by atoms with Gasteiger partial charge >= 0.3 is 0 Å². The average molecular weight is 277 g/mol. The van der Waals surface area contributed by atoms with Crippen LogP contribution >= 0.6 is 0 Å². The molecule has 20 heavy (non-hydrogen) atoms. The van der Waals surface area contributed by atoms with Crippen LogP contribution in [0, 0.1) is 19.8 Å². The Bertz CT molecular complexity index is 425. The van der Waals surface area contributed by atoms with E-state index in [2.05, 4.69) is 30.9 Å². The average Bonchev–Trinajstić information content (AvgIpc) is 2.42. The van der Waals surface area contributed by atoms with Gasteiger partial charge in [0.2, 0.25) is 0 Å². The molecule has 3 heteroatoms. The van der Waals surface area contributed by atoms with Crippen LogP contribution in [-0.2, 0) is 0 Å². The van der Waals surface area contributed by atoms with Crippen LogP contribution in [0.15, 0.2) is 18.2 Å². The highest BCUT2D eigenvalue weighted by Gasteiger charge is 2.18. The molecule has 1 aromatic carbocycles. The van der Waals surface area contributed by atoms with E-state index < -0.39 is 6.10 Å². The Morgan fingerprint density at radius 2 is 2.00 bits per heavy atom. The van der Waals surface area contributed by atoms with E-state index in [1.807, 2.05) is 13.0 Å². The second kappa shape index (κ2) is 7.09. The molecule has 2 rings (SSSR count). The van der Waals surface area contributed by atoms with Crippen molar-refractivity contribution in [1.29, 1.82) is 0 Å². The molecule has 0 bridgehead atoms. The van der Waals surface area contributed by atoms with Crippen molar-refractivity contribution in [3.05, 3.63) is 29.3 Å². The van der Waals surface area contributed by atoms with Gasteiger partial charge in [-0.25, -0.2) is 0 Å². The molecule has 0 radical (unpaired) electrons. The van der Waals surface area contributed by atoms with Gasteiger partial charge < -0.3 is 14.7 Å². The summed E-state index contributed by atoms with van der Waals surface area (Å²) in [6, 6.07) is 6.17. The van der Waals surface area contributed by atoms with Gasteiger partial charge in [0, 0.05) is 6.54 Å². The van der Waals surface area contributed by atoms with E-state index in [9.17, 15) is 5.11 Å². The molecule has 112 valence electrons. The quantitative estimate of drug-likeness (QED) is 0.898. The van der Waals surface area contributed by atoms with Gasteiger partial charge in [-0.2, -0.15) is 0 Å². The third-order valence-electron chi connectivity index (χ3n) is 4.12. The zero-order chi connectivity index (χ0) is 14.5. The maximum Gasteiger partial charge on any atom is 0.122 e. The van der Waals surface area contributed by atoms with Gasteiger partial charge in [-0.15, -0.1) is 0 Å². The minimum atomic E-state index is -0.414. The summed E-state index contributed by atoms with van der Waals surface area (Å²) in [5.41, 5.74) is 2.31. The van der Waals surface area contributed by atoms with Crippen LogP contribution in [0.5, 0.6) is 5.75 Å². The highest BCUT2D eigenvalue weighted by atomic mass is 16.5. The van der Waals surface area contributed by atoms with Crippen LogP contribution < -0.4 is 4.74 Å². The van der Waals surface area contributed by atoms with E-state index >= 15 is 0 Å². The van der Waals surface area contributed by atoms with Gasteiger partial charge in [0.1, 0.15) is 18.5 Å². The number of aryl methyl sites for hydroxylation is 2. The van der Waals surface area contributed by atoms with Crippen LogP contribution in [-0.4, -0.2) is 42.4 Å². The highest BCUT2D eigenvalue weighted by molar-refractivity contribution is 5.35. The summed E-state index contributed by atoms with van der Waals surface area (Å²) < 4.78 is 5.77. The molecule has 0 aliphatic carbocycles. The first-order chi connectivity index (χ1) is 9.54. The maximum atomic E-state index is 10.1. The summed E-state index contributed by atoms with van der Waals surface area (Å²) in [5, 5.41) is 10.1. The van der Waals surface area contributed by atoms with Crippen molar-refractivity contribution in [2.24, 2.45) is 5.92 Å². The van der Waals surface area contributed by atoms with Crippen molar-refractivity contribution in [2.75, 3.05) is 26.2 Å². The van der Waals surface area contributed by atoms with Gasteiger partial charge in [0.25, 0.3) is 0 Å². The molecular weight excluding hydrogens is 250 g/mol. The molecule has 1 aliphatic heterocycles. The maximum absolute atomic E-state index is 10.1. The molecule has 3 nitrogen and oxygen atoms in total. The number of likely N-dealkylation sites (tertiary alicyclic amines) is 1. The summed E-state index contributed by atoms with van der Waals surface area (Å²) in [4.78, 5) is 2.34. The molecule has 0 amide bonds. The predicted octanol–water partition coefficient (Wildman–Crippen LogP) is 2.78. The van der Waals surface area contributed by atoms with Crippen molar-refractivity contribution in [1.82, 2.24) is 4.90 Å². The normalized spacial score (nSPS) is 19.0. The molecular formula is C17H27NO2. The fraction of sp³-hybridized carbons (Fsp3) is 0.647. The summed E-state index contributed by atoms with van der Waals surface area (Å²) in [6.45, 7) is 9.68. The number of rotatable bonds is 5. The third kappa shape index (κ3) is 4.50. The Balaban J connectivity index is 1.77. The first-order valence-electron chi connectivity index (χ1n) is 7.65. The Morgan fingerprint density at radius 3 is 2.70 bits per heavy atom. The molecule has 0 saturated carbocycles. The van der Waals surface area contributed by atoms with Crippen LogP contribution in [0.2, 0.25) is 0 Å². The van der Waals surface area contributed by atoms with Gasteiger partial charge in [-0.1, -0.05) is 19.1 Å². The highest BCUT2D eigenvalue weighted by Crippen LogP contribution is 2.20. The fourth-order valence-electron chi connectivity index (χ4n) is 2.64. The van der Waals surface area contributed by atoms with Crippen LogP contribution in [0.4, 0.5) is 0 Å². The van der Waals surface area contributed by atoms with Crippen LogP contribution in [0.25, 0.3) is 0 Å². The molecule has 1 atom stereocenters. The Kier molecular flexibility index (Phi) is 5.44. The van der Waals surface area contributed by atoms with Crippen LogP contribution in [0.3, 0.4) is 0 Å². The van der Waals surface area contributed by atoms with Gasteiger partial charge in [-0.05, 0) is 62.9 Å². The lowest BCUT2D eigenvalue weighted by Crippen LogP contribution is -2.40. The number of hydrogen-bond donors (Lipinski definition) is 1. The van der Waals surface area contributed by atoms with E-state index in [1.54, 1.807) is 0 Å². The SMILES string of the molecule is Cc1ccc(C)c(OC[C@@H](O)CN2CCC(C)CC2)c1. The lowest BCUT2D eigenvalue weighted by Gasteiger charge is -2.31. The first kappa shape index (κ1) is 15.3. The van der Waals surface area contributed by atoms with Crippen molar-refractivity contribution in [3.63, 3.8) is 0 Å². The summed E-state index contributed by atoms with van der Waals surface area (Å²) in [6.07, 6.45) is 2.07. The molecule has 1 fully saturated rings. The van der Waals surface area contributed by atoms with Crippen molar-refractivity contribution < 1.29 is 9.84 Å². The summed E-state index contributed by atoms with van der Waals surface area (Å²) >= 11 is 0. The number of piperidine rings is 1. The summed E-state index contributed by atoms with van der Waals surface area (Å²) in [5.74, 6) is 1.71. The molecule has 0 spiro atoms. The summed E-state index contributed by atoms with van der Waals surface area (Å²) in [7, 11) is 0. The number of β-amino-alcohol motifs (C(OH)–C–C–N with tert-alkyl or cyclic N) is 1. The Morgan fingerprint density at radius 1 is 1.30 bits per heavy atom. The number of aliphatic hydroxyl groups is 1. The van der Waals surface area contributed by atoms with Gasteiger partial charge in [0.15, 0.2) is 0 Å². The zero-order valence-corrected chi connectivity index (χ0v) is 12.9. The predicted molar refractivity (Wildman–Crippen MR) is 82.3 cm³/mol. The van der Waals surface area contributed by atoms with Crippen molar-refractivity contribution in [3.8, 4) is 5.75 Å². The monoisotopic (exact) mass is 277 g/mol. The largest absolute Gasteiger partial charge is 0.491 e. The smallest absolute Gasteiger partial charge is 0.122 e. The van der Waals surface area contributed by atoms with Crippen molar-refractivity contribution >= 4 is 0 Å². The molecule has 0 unspecified atom stereocenters. The molecule has 1 N–H and O–H groups in total. The number of ether oxygens (including phenoxy) is 1. The van der Waals surface area contributed by atoms with E-state index in [0.29, 0.717) is 6.61 Å². The minimum absolute atomic E-state index is 0.371. The fourth-order valence-corrected chi connectivity index (χ4v) is 2.64. The lowest BCUT2D eigenvalue weighted by atomic mass is 9.99. The molecule has 0 aromatic heterocycles. The van der Waals surface area contributed by atoms with Gasteiger partial charge in [-0.3, -0.25) is 0 Å². The number of nitrogens with zero attached hydrogens (tertiary/aromatic N) is 1. The number of aliphatic hydroxyl groups excluding tert-OH is 1. The van der Waals surface area contributed by atoms with E-state index in [1.165, 1.54) is 18.4 Å². The Labute approximate surface area is 122 Å². The van der Waals surface area contributed by atoms with E-state index in [4.69, 9.17) is 4.74 Å². The standard InChI is InChI=1S/C17H27NO2/c1-13-6-8-18(9-7-13)11-16(19)12-20-17-10-14(2)4-5-15(17)3/h4-5,10,13,16,19H,6-9,11-12H2,1-3H3/t16-/m0/s1. The zero-order valence-electron chi connectivity index (χ0n) is 12.9. The lowest BCUT2D eigenvalue weighted by molar-refractivity contribution is 0.0561. The third-order valence-corrected chi connectivity index (χ3v) is 4.12.